The standard InChI is InChI=1S/C19H20N4O/c1-13-8-7-11-18(20-13)21-19(24)12-17-14(2)22-23(15(17)3)16-9-5-4-6-10-16/h4-11H,12H2,1-3H3,(H,20,21,24). The molecule has 0 atom stereocenters. The Morgan fingerprint density at radius 2 is 1.79 bits per heavy atom. The number of para-hydroxylation sites is 1. The summed E-state index contributed by atoms with van der Waals surface area (Å²) in [4.78, 5) is 16.7. The quantitative estimate of drug-likeness (QED) is 0.802. The molecule has 1 aromatic carbocycles. The molecule has 3 aromatic rings. The van der Waals surface area contributed by atoms with Crippen LogP contribution in [0.5, 0.6) is 0 Å². The smallest absolute Gasteiger partial charge is 0.230 e. The topological polar surface area (TPSA) is 59.8 Å². The lowest BCUT2D eigenvalue weighted by Crippen LogP contribution is -2.16. The van der Waals surface area contributed by atoms with Gasteiger partial charge < -0.3 is 5.32 Å². The molecule has 1 amide bonds. The highest BCUT2D eigenvalue weighted by atomic mass is 16.1. The maximum Gasteiger partial charge on any atom is 0.230 e. The van der Waals surface area contributed by atoms with Crippen LogP contribution in [-0.4, -0.2) is 20.7 Å². The van der Waals surface area contributed by atoms with E-state index < -0.39 is 0 Å². The highest BCUT2D eigenvalue weighted by Crippen LogP contribution is 2.18. The number of benzene rings is 1. The fraction of sp³-hybridized carbons (Fsp3) is 0.211. The Morgan fingerprint density at radius 1 is 1.04 bits per heavy atom. The lowest BCUT2D eigenvalue weighted by atomic mass is 10.1. The van der Waals surface area contributed by atoms with Crippen LogP contribution in [0, 0.1) is 20.8 Å². The molecule has 24 heavy (non-hydrogen) atoms. The third kappa shape index (κ3) is 3.35. The van der Waals surface area contributed by atoms with Gasteiger partial charge in [-0.2, -0.15) is 5.10 Å². The summed E-state index contributed by atoms with van der Waals surface area (Å²) in [5.74, 6) is 0.484. The zero-order chi connectivity index (χ0) is 17.1. The zero-order valence-electron chi connectivity index (χ0n) is 14.1. The molecule has 0 saturated heterocycles. The minimum atomic E-state index is -0.0908. The summed E-state index contributed by atoms with van der Waals surface area (Å²) in [5.41, 5.74) is 4.65. The van der Waals surface area contributed by atoms with Gasteiger partial charge in [-0.1, -0.05) is 24.3 Å². The van der Waals surface area contributed by atoms with E-state index in [-0.39, 0.29) is 12.3 Å². The monoisotopic (exact) mass is 320 g/mol. The van der Waals surface area contributed by atoms with Crippen molar-refractivity contribution in [2.45, 2.75) is 27.2 Å². The van der Waals surface area contributed by atoms with Crippen molar-refractivity contribution >= 4 is 11.7 Å². The first-order valence-electron chi connectivity index (χ1n) is 7.88. The highest BCUT2D eigenvalue weighted by molar-refractivity contribution is 5.91. The molecule has 0 aliphatic carbocycles. The minimum absolute atomic E-state index is 0.0908. The molecule has 122 valence electrons. The number of carbonyl (C=O) groups is 1. The molecule has 5 nitrogen and oxygen atoms in total. The molecular formula is C19H20N4O. The average Bonchev–Trinajstić information content (AvgIpc) is 2.84. The van der Waals surface area contributed by atoms with E-state index in [1.807, 2.05) is 67.9 Å². The Hall–Kier alpha value is -2.95. The highest BCUT2D eigenvalue weighted by Gasteiger charge is 2.16. The van der Waals surface area contributed by atoms with E-state index in [0.29, 0.717) is 5.82 Å². The Bertz CT molecular complexity index is 868. The van der Waals surface area contributed by atoms with Crippen LogP contribution in [0.25, 0.3) is 5.69 Å². The van der Waals surface area contributed by atoms with Crippen LogP contribution in [-0.2, 0) is 11.2 Å². The molecule has 2 heterocycles. The van der Waals surface area contributed by atoms with Crippen molar-refractivity contribution in [1.82, 2.24) is 14.8 Å². The number of anilines is 1. The number of amides is 1. The van der Waals surface area contributed by atoms with Gasteiger partial charge in [0, 0.05) is 17.0 Å². The summed E-state index contributed by atoms with van der Waals surface area (Å²) in [6.07, 6.45) is 0.278. The van der Waals surface area contributed by atoms with Gasteiger partial charge in [0.1, 0.15) is 5.82 Å². The first-order chi connectivity index (χ1) is 11.5. The number of aryl methyl sites for hydroxylation is 2. The minimum Gasteiger partial charge on any atom is -0.310 e. The maximum atomic E-state index is 12.4. The van der Waals surface area contributed by atoms with Crippen LogP contribution in [0.15, 0.2) is 48.5 Å². The molecule has 1 N–H and O–H groups in total. The van der Waals surface area contributed by atoms with Gasteiger partial charge in [-0.3, -0.25) is 4.79 Å². The number of pyridine rings is 1. The number of rotatable bonds is 4. The second-order valence-electron chi connectivity index (χ2n) is 5.79. The Balaban J connectivity index is 1.80. The van der Waals surface area contributed by atoms with Crippen molar-refractivity contribution in [3.05, 3.63) is 71.2 Å². The van der Waals surface area contributed by atoms with E-state index in [2.05, 4.69) is 15.4 Å². The second-order valence-corrected chi connectivity index (χ2v) is 5.79. The maximum absolute atomic E-state index is 12.4. The van der Waals surface area contributed by atoms with Crippen molar-refractivity contribution in [3.63, 3.8) is 0 Å². The van der Waals surface area contributed by atoms with Crippen molar-refractivity contribution in [2.24, 2.45) is 0 Å². The molecule has 0 aliphatic heterocycles. The number of hydrogen-bond donors (Lipinski definition) is 1. The third-order valence-corrected chi connectivity index (χ3v) is 3.94. The van der Waals surface area contributed by atoms with E-state index in [9.17, 15) is 4.79 Å². The molecule has 0 radical (unpaired) electrons. The predicted octanol–water partition coefficient (Wildman–Crippen LogP) is 3.37. The lowest BCUT2D eigenvalue weighted by molar-refractivity contribution is -0.115. The molecule has 3 rings (SSSR count). The van der Waals surface area contributed by atoms with Crippen LogP contribution >= 0.6 is 0 Å². The van der Waals surface area contributed by atoms with Gasteiger partial charge in [0.15, 0.2) is 0 Å². The number of hydrogen-bond acceptors (Lipinski definition) is 3. The van der Waals surface area contributed by atoms with Crippen LogP contribution in [0.2, 0.25) is 0 Å². The van der Waals surface area contributed by atoms with Crippen molar-refractivity contribution in [2.75, 3.05) is 5.32 Å². The van der Waals surface area contributed by atoms with Gasteiger partial charge in [0.05, 0.1) is 17.8 Å². The number of nitrogens with zero attached hydrogens (tertiary/aromatic N) is 3. The average molecular weight is 320 g/mol. The Kier molecular flexibility index (Phi) is 4.42. The van der Waals surface area contributed by atoms with Gasteiger partial charge in [-0.05, 0) is 45.0 Å². The van der Waals surface area contributed by atoms with Gasteiger partial charge in [-0.15, -0.1) is 0 Å². The Labute approximate surface area is 141 Å². The van der Waals surface area contributed by atoms with Gasteiger partial charge in [0.25, 0.3) is 0 Å². The van der Waals surface area contributed by atoms with E-state index in [0.717, 1.165) is 28.3 Å². The summed E-state index contributed by atoms with van der Waals surface area (Å²) >= 11 is 0. The van der Waals surface area contributed by atoms with E-state index in [1.165, 1.54) is 0 Å². The summed E-state index contributed by atoms with van der Waals surface area (Å²) in [6, 6.07) is 15.5. The molecule has 0 aliphatic rings. The van der Waals surface area contributed by atoms with Gasteiger partial charge in [-0.25, -0.2) is 9.67 Å². The second kappa shape index (κ2) is 6.66. The van der Waals surface area contributed by atoms with Crippen molar-refractivity contribution < 1.29 is 4.79 Å². The first-order valence-corrected chi connectivity index (χ1v) is 7.88. The van der Waals surface area contributed by atoms with E-state index >= 15 is 0 Å². The van der Waals surface area contributed by atoms with E-state index in [4.69, 9.17) is 0 Å². The molecule has 0 bridgehead atoms. The molecule has 2 aromatic heterocycles. The molecular weight excluding hydrogens is 300 g/mol. The summed E-state index contributed by atoms with van der Waals surface area (Å²) in [5, 5.41) is 7.42. The summed E-state index contributed by atoms with van der Waals surface area (Å²) in [6.45, 7) is 5.81. The van der Waals surface area contributed by atoms with Crippen LogP contribution in [0.4, 0.5) is 5.82 Å². The van der Waals surface area contributed by atoms with Crippen molar-refractivity contribution in [3.8, 4) is 5.69 Å². The summed E-state index contributed by atoms with van der Waals surface area (Å²) < 4.78 is 1.88. The number of nitrogens with one attached hydrogen (secondary N) is 1. The SMILES string of the molecule is Cc1cccc(NC(=O)Cc2c(C)nn(-c3ccccc3)c2C)n1. The van der Waals surface area contributed by atoms with Gasteiger partial charge >= 0.3 is 0 Å². The fourth-order valence-corrected chi connectivity index (χ4v) is 2.71. The normalized spacial score (nSPS) is 10.6. The molecule has 0 fully saturated rings. The lowest BCUT2D eigenvalue weighted by Gasteiger charge is -2.07. The van der Waals surface area contributed by atoms with Crippen LogP contribution in [0.1, 0.15) is 22.6 Å². The first kappa shape index (κ1) is 15.9. The molecule has 0 saturated carbocycles. The number of carbonyl (C=O) groups excluding carboxylic acids is 1. The Morgan fingerprint density at radius 3 is 2.50 bits per heavy atom. The number of aromatic nitrogens is 3. The molecule has 5 heteroatoms. The zero-order valence-corrected chi connectivity index (χ0v) is 14.1. The molecule has 0 unspecified atom stereocenters. The predicted molar refractivity (Wildman–Crippen MR) is 94.3 cm³/mol. The van der Waals surface area contributed by atoms with Crippen LogP contribution < -0.4 is 5.32 Å². The molecule has 0 spiro atoms. The van der Waals surface area contributed by atoms with Crippen LogP contribution in [0.3, 0.4) is 0 Å². The largest absolute Gasteiger partial charge is 0.310 e. The van der Waals surface area contributed by atoms with Gasteiger partial charge in [0.2, 0.25) is 5.91 Å². The summed E-state index contributed by atoms with van der Waals surface area (Å²) in [7, 11) is 0. The third-order valence-electron chi connectivity index (χ3n) is 3.94. The van der Waals surface area contributed by atoms with Crippen molar-refractivity contribution in [1.29, 1.82) is 0 Å². The van der Waals surface area contributed by atoms with E-state index in [1.54, 1.807) is 6.07 Å². The fourth-order valence-electron chi connectivity index (χ4n) is 2.71.